The highest BCUT2D eigenvalue weighted by Crippen LogP contribution is 2.29. The minimum absolute atomic E-state index is 0.111. The molecule has 2 atom stereocenters. The van der Waals surface area contributed by atoms with Gasteiger partial charge in [-0.05, 0) is 63.3 Å². The lowest BCUT2D eigenvalue weighted by atomic mass is 9.98. The summed E-state index contributed by atoms with van der Waals surface area (Å²) in [6, 6.07) is 7.89. The maximum Gasteiger partial charge on any atom is 0.248 e. The zero-order valence-electron chi connectivity index (χ0n) is 18.3. The molecule has 1 aromatic carbocycles. The molecule has 2 unspecified atom stereocenters. The second-order valence-electron chi connectivity index (χ2n) is 8.73. The lowest BCUT2D eigenvalue weighted by molar-refractivity contribution is -0.120. The summed E-state index contributed by atoms with van der Waals surface area (Å²) in [4.78, 5) is 15.3. The van der Waals surface area contributed by atoms with Crippen LogP contribution in [0.25, 0.3) is 0 Å². The number of sulfonamides is 1. The smallest absolute Gasteiger partial charge is 0.248 e. The van der Waals surface area contributed by atoms with E-state index in [4.69, 9.17) is 4.52 Å². The first-order valence-corrected chi connectivity index (χ1v) is 12.3. The molecule has 0 aliphatic carbocycles. The van der Waals surface area contributed by atoms with Gasteiger partial charge in [-0.2, -0.15) is 4.31 Å². The molecule has 2 saturated heterocycles. The van der Waals surface area contributed by atoms with Gasteiger partial charge in [0.25, 0.3) is 0 Å². The van der Waals surface area contributed by atoms with Crippen LogP contribution < -0.4 is 10.2 Å². The van der Waals surface area contributed by atoms with Crippen LogP contribution in [0.15, 0.2) is 33.7 Å². The number of amides is 1. The van der Waals surface area contributed by atoms with E-state index in [0.717, 1.165) is 24.5 Å². The van der Waals surface area contributed by atoms with Crippen molar-refractivity contribution >= 4 is 27.3 Å². The molecule has 0 bridgehead atoms. The van der Waals surface area contributed by atoms with Gasteiger partial charge in [-0.3, -0.25) is 4.79 Å². The quantitative estimate of drug-likeness (QED) is 0.758. The Morgan fingerprint density at radius 1 is 1.13 bits per heavy atom. The van der Waals surface area contributed by atoms with Gasteiger partial charge in [0.1, 0.15) is 10.6 Å². The molecule has 1 N–H and O–H groups in total. The zero-order chi connectivity index (χ0) is 22.2. The van der Waals surface area contributed by atoms with Gasteiger partial charge in [0.05, 0.1) is 5.92 Å². The highest BCUT2D eigenvalue weighted by atomic mass is 32.2. The fraction of sp³-hybridized carbons (Fsp3) is 0.545. The standard InChI is InChI=1S/C22H30N4O4S/c1-15-10-12-25(13-15)20-8-6-19(7-9-20)23-22(27)18-5-4-11-26(14-18)31(28,29)21-16(2)24-30-17(21)3/h6-9,15,18H,4-5,10-14H2,1-3H3,(H,23,27). The Kier molecular flexibility index (Phi) is 6.07. The number of carbonyl (C=O) groups excluding carboxylic acids is 1. The number of nitrogens with one attached hydrogen (secondary N) is 1. The van der Waals surface area contributed by atoms with Gasteiger partial charge < -0.3 is 14.7 Å². The molecule has 0 saturated carbocycles. The zero-order valence-corrected chi connectivity index (χ0v) is 19.1. The predicted octanol–water partition coefficient (Wildman–Crippen LogP) is 3.18. The van der Waals surface area contributed by atoms with E-state index in [1.807, 2.05) is 24.3 Å². The molecular weight excluding hydrogens is 416 g/mol. The SMILES string of the molecule is Cc1noc(C)c1S(=O)(=O)N1CCCC(C(=O)Nc2ccc(N3CCC(C)C3)cc2)C1. The number of anilines is 2. The number of aromatic nitrogens is 1. The summed E-state index contributed by atoms with van der Waals surface area (Å²) < 4.78 is 32.6. The Bertz CT molecular complexity index is 1030. The van der Waals surface area contributed by atoms with E-state index in [9.17, 15) is 13.2 Å². The summed E-state index contributed by atoms with van der Waals surface area (Å²) in [5, 5.41) is 6.72. The fourth-order valence-electron chi connectivity index (χ4n) is 4.52. The molecule has 2 aromatic rings. The lowest BCUT2D eigenvalue weighted by Gasteiger charge is -2.31. The number of aryl methyl sites for hydroxylation is 2. The molecule has 0 spiro atoms. The second kappa shape index (κ2) is 8.63. The van der Waals surface area contributed by atoms with Gasteiger partial charge in [0, 0.05) is 37.6 Å². The molecule has 8 nitrogen and oxygen atoms in total. The molecule has 2 fully saturated rings. The molecule has 2 aliphatic rings. The van der Waals surface area contributed by atoms with Gasteiger partial charge >= 0.3 is 0 Å². The van der Waals surface area contributed by atoms with Crippen LogP contribution in [-0.4, -0.2) is 50.0 Å². The van der Waals surface area contributed by atoms with Gasteiger partial charge in [0.15, 0.2) is 5.76 Å². The van der Waals surface area contributed by atoms with Crippen LogP contribution in [0, 0.1) is 25.7 Å². The van der Waals surface area contributed by atoms with Gasteiger partial charge in [0.2, 0.25) is 15.9 Å². The molecule has 1 amide bonds. The van der Waals surface area contributed by atoms with Crippen molar-refractivity contribution < 1.29 is 17.7 Å². The monoisotopic (exact) mass is 446 g/mol. The molecule has 31 heavy (non-hydrogen) atoms. The van der Waals surface area contributed by atoms with E-state index in [2.05, 4.69) is 22.3 Å². The molecular formula is C22H30N4O4S. The Balaban J connectivity index is 1.41. The molecule has 1 aromatic heterocycles. The van der Waals surface area contributed by atoms with E-state index in [1.54, 1.807) is 13.8 Å². The lowest BCUT2D eigenvalue weighted by Crippen LogP contribution is -2.43. The van der Waals surface area contributed by atoms with Crippen molar-refractivity contribution in [3.8, 4) is 0 Å². The summed E-state index contributed by atoms with van der Waals surface area (Å²) in [6.07, 6.45) is 2.49. The molecule has 0 radical (unpaired) electrons. The van der Waals surface area contributed by atoms with Crippen LogP contribution in [0.4, 0.5) is 11.4 Å². The van der Waals surface area contributed by atoms with Gasteiger partial charge in [-0.15, -0.1) is 0 Å². The Hall–Kier alpha value is -2.39. The van der Waals surface area contributed by atoms with E-state index in [1.165, 1.54) is 10.7 Å². The van der Waals surface area contributed by atoms with Crippen molar-refractivity contribution in [2.24, 2.45) is 11.8 Å². The first-order valence-electron chi connectivity index (χ1n) is 10.8. The van der Waals surface area contributed by atoms with Crippen LogP contribution in [0.2, 0.25) is 0 Å². The molecule has 4 rings (SSSR count). The van der Waals surface area contributed by atoms with Crippen molar-refractivity contribution in [3.63, 3.8) is 0 Å². The summed E-state index contributed by atoms with van der Waals surface area (Å²) in [5.74, 6) is 0.427. The molecule has 3 heterocycles. The Morgan fingerprint density at radius 2 is 1.87 bits per heavy atom. The first-order chi connectivity index (χ1) is 14.8. The second-order valence-corrected chi connectivity index (χ2v) is 10.6. The largest absolute Gasteiger partial charge is 0.371 e. The number of rotatable bonds is 5. The number of carbonyl (C=O) groups is 1. The van der Waals surface area contributed by atoms with E-state index in [-0.39, 0.29) is 23.1 Å². The topological polar surface area (TPSA) is 95.8 Å². The van der Waals surface area contributed by atoms with Gasteiger partial charge in [-0.25, -0.2) is 8.42 Å². The average Bonchev–Trinajstić information content (AvgIpc) is 3.33. The number of nitrogens with zero attached hydrogens (tertiary/aromatic N) is 3. The van der Waals surface area contributed by atoms with Crippen LogP contribution in [-0.2, 0) is 14.8 Å². The molecule has 9 heteroatoms. The Morgan fingerprint density at radius 3 is 2.48 bits per heavy atom. The van der Waals surface area contributed by atoms with E-state index < -0.39 is 15.9 Å². The predicted molar refractivity (Wildman–Crippen MR) is 119 cm³/mol. The highest BCUT2D eigenvalue weighted by molar-refractivity contribution is 7.89. The van der Waals surface area contributed by atoms with Crippen LogP contribution in [0.5, 0.6) is 0 Å². The first kappa shape index (κ1) is 21.8. The van der Waals surface area contributed by atoms with Crippen molar-refractivity contribution in [3.05, 3.63) is 35.7 Å². The summed E-state index contributed by atoms with van der Waals surface area (Å²) >= 11 is 0. The molecule has 2 aliphatic heterocycles. The van der Waals surface area contributed by atoms with Crippen molar-refractivity contribution in [2.45, 2.75) is 44.9 Å². The summed E-state index contributed by atoms with van der Waals surface area (Å²) in [5.41, 5.74) is 2.24. The maximum atomic E-state index is 13.1. The van der Waals surface area contributed by atoms with Gasteiger partial charge in [-0.1, -0.05) is 12.1 Å². The number of hydrogen-bond donors (Lipinski definition) is 1. The van der Waals surface area contributed by atoms with Crippen molar-refractivity contribution in [1.29, 1.82) is 0 Å². The van der Waals surface area contributed by atoms with E-state index in [0.29, 0.717) is 31.0 Å². The van der Waals surface area contributed by atoms with E-state index >= 15 is 0 Å². The minimum Gasteiger partial charge on any atom is -0.371 e. The highest BCUT2D eigenvalue weighted by Gasteiger charge is 2.36. The normalized spacial score (nSPS) is 22.6. The number of benzene rings is 1. The Labute approximate surface area is 183 Å². The van der Waals surface area contributed by atoms with Crippen LogP contribution in [0.3, 0.4) is 0 Å². The third-order valence-electron chi connectivity index (χ3n) is 6.24. The third-order valence-corrected chi connectivity index (χ3v) is 8.35. The van der Waals surface area contributed by atoms with Crippen LogP contribution in [0.1, 0.15) is 37.6 Å². The number of hydrogen-bond acceptors (Lipinski definition) is 6. The van der Waals surface area contributed by atoms with Crippen molar-refractivity contribution in [2.75, 3.05) is 36.4 Å². The fourth-order valence-corrected chi connectivity index (χ4v) is 6.33. The average molecular weight is 447 g/mol. The minimum atomic E-state index is -3.75. The number of piperidine rings is 1. The molecule has 168 valence electrons. The van der Waals surface area contributed by atoms with Crippen LogP contribution >= 0.6 is 0 Å². The van der Waals surface area contributed by atoms with Crippen molar-refractivity contribution in [1.82, 2.24) is 9.46 Å². The summed E-state index contributed by atoms with van der Waals surface area (Å²) in [7, 11) is -3.75. The summed E-state index contributed by atoms with van der Waals surface area (Å²) in [6.45, 7) is 8.13. The maximum absolute atomic E-state index is 13.1. The third kappa shape index (κ3) is 4.48.